The van der Waals surface area contributed by atoms with Crippen LogP contribution in [0.5, 0.6) is 0 Å². The molecule has 1 amide bonds. The molecule has 0 spiro atoms. The van der Waals surface area contributed by atoms with Gasteiger partial charge in [0.15, 0.2) is 0 Å². The molecule has 1 aromatic heterocycles. The van der Waals surface area contributed by atoms with Crippen LogP contribution in [0.2, 0.25) is 0 Å². The molecular weight excluding hydrogens is 461 g/mol. The van der Waals surface area contributed by atoms with Crippen molar-refractivity contribution in [1.82, 2.24) is 15.4 Å². The summed E-state index contributed by atoms with van der Waals surface area (Å²) in [6.45, 7) is 0.00629. The second-order valence-corrected chi connectivity index (χ2v) is 8.39. The van der Waals surface area contributed by atoms with E-state index in [0.29, 0.717) is 12.8 Å². The lowest BCUT2D eigenvalue weighted by molar-refractivity contribution is -0.248. The Morgan fingerprint density at radius 2 is 1.91 bits per heavy atom. The van der Waals surface area contributed by atoms with Crippen LogP contribution in [0.15, 0.2) is 54.6 Å². The van der Waals surface area contributed by atoms with Crippen molar-refractivity contribution in [3.8, 4) is 17.3 Å². The van der Waals surface area contributed by atoms with Crippen LogP contribution in [-0.2, 0) is 20.8 Å². The largest absolute Gasteiger partial charge is 0.492 e. The zero-order chi connectivity index (χ0) is 25.0. The van der Waals surface area contributed by atoms with Gasteiger partial charge in [-0.3, -0.25) is 4.79 Å². The van der Waals surface area contributed by atoms with E-state index >= 15 is 0 Å². The maximum absolute atomic E-state index is 12.7. The van der Waals surface area contributed by atoms with Crippen molar-refractivity contribution in [1.29, 1.82) is 5.26 Å². The maximum atomic E-state index is 12.7. The van der Waals surface area contributed by atoms with Crippen LogP contribution in [0.3, 0.4) is 0 Å². The predicted molar refractivity (Wildman–Crippen MR) is 121 cm³/mol. The van der Waals surface area contributed by atoms with E-state index in [-0.39, 0.29) is 19.4 Å². The van der Waals surface area contributed by atoms with Crippen molar-refractivity contribution in [2.45, 2.75) is 43.9 Å². The Hall–Kier alpha value is -3.84. The second kappa shape index (κ2) is 10.2. The first-order valence-corrected chi connectivity index (χ1v) is 11.2. The number of hydrogen-bond acceptors (Lipinski definition) is 5. The van der Waals surface area contributed by atoms with Crippen molar-refractivity contribution in [2.75, 3.05) is 6.54 Å². The van der Waals surface area contributed by atoms with E-state index in [1.807, 2.05) is 60.7 Å². The minimum atomic E-state index is -5.16. The number of rotatable bonds is 6. The Balaban J connectivity index is 1.39. The molecule has 10 heteroatoms. The van der Waals surface area contributed by atoms with Gasteiger partial charge in [-0.1, -0.05) is 42.5 Å². The Morgan fingerprint density at radius 3 is 2.60 bits per heavy atom. The number of nitrogens with one attached hydrogen (secondary N) is 2. The summed E-state index contributed by atoms with van der Waals surface area (Å²) in [5.41, 5.74) is 3.75. The number of alkyl halides is 3. The first kappa shape index (κ1) is 24.3. The van der Waals surface area contributed by atoms with Crippen LogP contribution in [0.25, 0.3) is 22.2 Å². The standard InChI is InChI=1S/C25H23F3N4O3/c26-25(27,28)24(34)35-32-12-4-3-7-22(32)23(33)30-19(15-29)13-16-8-10-17(11-9-16)21-14-18-5-1-2-6-20(18)31-21/h1-2,5-6,8-11,14,19,22,31H,3-4,7,12-13H2,(H,30,33)/t19-,22-/m0/s1. The van der Waals surface area contributed by atoms with Crippen LogP contribution in [0.1, 0.15) is 24.8 Å². The second-order valence-electron chi connectivity index (χ2n) is 8.39. The molecule has 182 valence electrons. The molecule has 2 N–H and O–H groups in total. The summed E-state index contributed by atoms with van der Waals surface area (Å²) < 4.78 is 37.8. The molecule has 0 bridgehead atoms. The molecule has 3 aromatic rings. The number of benzene rings is 2. The maximum Gasteiger partial charge on any atom is 0.492 e. The highest BCUT2D eigenvalue weighted by atomic mass is 19.4. The van der Waals surface area contributed by atoms with Gasteiger partial charge in [0.2, 0.25) is 5.91 Å². The zero-order valence-corrected chi connectivity index (χ0v) is 18.6. The lowest BCUT2D eigenvalue weighted by atomic mass is 10.0. The minimum Gasteiger partial charge on any atom is -0.360 e. The number of piperidine rings is 1. The molecule has 1 aliphatic heterocycles. The summed E-state index contributed by atoms with van der Waals surface area (Å²) >= 11 is 0. The molecule has 0 radical (unpaired) electrons. The normalized spacial score (nSPS) is 17.5. The highest BCUT2D eigenvalue weighted by Gasteiger charge is 2.44. The molecule has 2 heterocycles. The summed E-state index contributed by atoms with van der Waals surface area (Å²) in [5, 5.41) is 14.0. The van der Waals surface area contributed by atoms with Crippen LogP contribution >= 0.6 is 0 Å². The monoisotopic (exact) mass is 484 g/mol. The third-order valence-corrected chi connectivity index (χ3v) is 5.90. The number of nitrogens with zero attached hydrogens (tertiary/aromatic N) is 2. The van der Waals surface area contributed by atoms with Gasteiger partial charge in [0.05, 0.1) is 6.07 Å². The molecular formula is C25H23F3N4O3. The fourth-order valence-electron chi connectivity index (χ4n) is 4.12. The zero-order valence-electron chi connectivity index (χ0n) is 18.6. The SMILES string of the molecule is N#C[C@H](Cc1ccc(-c2cc3ccccc3[nH]2)cc1)NC(=O)[C@@H]1CCCCN1OC(=O)C(F)(F)F. The average Bonchev–Trinajstić information content (AvgIpc) is 3.28. The van der Waals surface area contributed by atoms with Gasteiger partial charge in [-0.15, -0.1) is 5.06 Å². The number of carbonyl (C=O) groups excluding carboxylic acids is 2. The first-order chi connectivity index (χ1) is 16.7. The van der Waals surface area contributed by atoms with E-state index in [9.17, 15) is 28.0 Å². The number of amides is 1. The number of aromatic nitrogens is 1. The van der Waals surface area contributed by atoms with Gasteiger partial charge in [0.1, 0.15) is 12.1 Å². The van der Waals surface area contributed by atoms with Gasteiger partial charge in [0, 0.05) is 29.6 Å². The van der Waals surface area contributed by atoms with Gasteiger partial charge in [0.25, 0.3) is 0 Å². The lowest BCUT2D eigenvalue weighted by Crippen LogP contribution is -2.53. The molecule has 1 fully saturated rings. The van der Waals surface area contributed by atoms with E-state index in [1.54, 1.807) is 0 Å². The summed E-state index contributed by atoms with van der Waals surface area (Å²) in [6.07, 6.45) is -3.66. The molecule has 7 nitrogen and oxygen atoms in total. The minimum absolute atomic E-state index is 0.00629. The predicted octanol–water partition coefficient (Wildman–Crippen LogP) is 4.26. The summed E-state index contributed by atoms with van der Waals surface area (Å²) in [4.78, 5) is 31.7. The molecule has 0 unspecified atom stereocenters. The Morgan fingerprint density at radius 1 is 1.17 bits per heavy atom. The quantitative estimate of drug-likeness (QED) is 0.545. The van der Waals surface area contributed by atoms with Crippen molar-refractivity contribution >= 4 is 22.8 Å². The Bertz CT molecular complexity index is 1210. The van der Waals surface area contributed by atoms with E-state index in [1.165, 1.54) is 0 Å². The summed E-state index contributed by atoms with van der Waals surface area (Å²) in [5.74, 6) is -3.02. The van der Waals surface area contributed by atoms with E-state index < -0.39 is 30.1 Å². The summed E-state index contributed by atoms with van der Waals surface area (Å²) in [7, 11) is 0. The Labute approximate surface area is 199 Å². The highest BCUT2D eigenvalue weighted by Crippen LogP contribution is 2.25. The van der Waals surface area contributed by atoms with Crippen molar-refractivity contribution < 1.29 is 27.6 Å². The number of nitriles is 1. The molecule has 2 aromatic carbocycles. The molecule has 35 heavy (non-hydrogen) atoms. The van der Waals surface area contributed by atoms with Gasteiger partial charge >= 0.3 is 12.1 Å². The van der Waals surface area contributed by atoms with Crippen LogP contribution in [-0.4, -0.2) is 46.7 Å². The van der Waals surface area contributed by atoms with Gasteiger partial charge in [-0.05, 0) is 42.5 Å². The number of carbonyl (C=O) groups is 2. The van der Waals surface area contributed by atoms with E-state index in [2.05, 4.69) is 15.1 Å². The van der Waals surface area contributed by atoms with E-state index in [4.69, 9.17) is 0 Å². The smallest absolute Gasteiger partial charge is 0.360 e. The third-order valence-electron chi connectivity index (χ3n) is 5.90. The topological polar surface area (TPSA) is 98.2 Å². The number of halogens is 3. The van der Waals surface area contributed by atoms with Gasteiger partial charge < -0.3 is 15.1 Å². The fourth-order valence-corrected chi connectivity index (χ4v) is 4.12. The van der Waals surface area contributed by atoms with Crippen molar-refractivity contribution in [2.24, 2.45) is 0 Å². The number of fused-ring (bicyclic) bond motifs is 1. The van der Waals surface area contributed by atoms with E-state index in [0.717, 1.165) is 32.8 Å². The molecule has 1 aliphatic rings. The summed E-state index contributed by atoms with van der Waals surface area (Å²) in [6, 6.07) is 17.5. The number of H-pyrrole nitrogens is 1. The number of aromatic amines is 1. The number of hydrogen-bond donors (Lipinski definition) is 2. The molecule has 4 rings (SSSR count). The van der Waals surface area contributed by atoms with Crippen molar-refractivity contribution in [3.63, 3.8) is 0 Å². The molecule has 2 atom stereocenters. The van der Waals surface area contributed by atoms with Crippen LogP contribution in [0, 0.1) is 11.3 Å². The highest BCUT2D eigenvalue weighted by molar-refractivity contribution is 5.86. The molecule has 0 aliphatic carbocycles. The van der Waals surface area contributed by atoms with Crippen molar-refractivity contribution in [3.05, 3.63) is 60.2 Å². The first-order valence-electron chi connectivity index (χ1n) is 11.2. The molecule has 1 saturated heterocycles. The third kappa shape index (κ3) is 5.81. The Kier molecular flexibility index (Phi) is 7.07. The number of hydroxylamine groups is 2. The van der Waals surface area contributed by atoms with Gasteiger partial charge in [-0.2, -0.15) is 18.4 Å². The number of para-hydroxylation sites is 1. The fraction of sp³-hybridized carbons (Fsp3) is 0.320. The molecule has 0 saturated carbocycles. The van der Waals surface area contributed by atoms with Crippen LogP contribution in [0.4, 0.5) is 13.2 Å². The van der Waals surface area contributed by atoms with Crippen LogP contribution < -0.4 is 5.32 Å². The lowest BCUT2D eigenvalue weighted by Gasteiger charge is -2.33. The van der Waals surface area contributed by atoms with Gasteiger partial charge in [-0.25, -0.2) is 4.79 Å². The average molecular weight is 484 g/mol.